The molecule has 0 unspecified atom stereocenters. The number of nitrogens with zero attached hydrogens (tertiary/aromatic N) is 2. The molecule has 2 aromatic carbocycles. The third-order valence-electron chi connectivity index (χ3n) is 16.2. The molecule has 4 bridgehead atoms. The van der Waals surface area contributed by atoms with Crippen molar-refractivity contribution in [1.82, 2.24) is 26.2 Å². The Labute approximate surface area is 542 Å². The monoisotopic (exact) mass is 1390 g/mol. The first-order valence-electron chi connectivity index (χ1n) is 29.6. The number of methoxy groups -OCH3 is 2. The number of nitrogens with two attached hydrogens (primary N) is 1. The van der Waals surface area contributed by atoms with Gasteiger partial charge in [-0.25, -0.2) is 14.4 Å². The van der Waals surface area contributed by atoms with Crippen LogP contribution in [0.3, 0.4) is 0 Å². The largest absolute Gasteiger partial charge is 0.495 e. The van der Waals surface area contributed by atoms with Crippen LogP contribution in [0.5, 0.6) is 5.75 Å². The molecule has 5 rings (SSSR count). The molecule has 24 nitrogen and oxygen atoms in total. The number of epoxide rings is 1. The number of alkyl halides is 2. The zero-order chi connectivity index (χ0) is 66.3. The summed E-state index contributed by atoms with van der Waals surface area (Å²) in [7, 11) is 5.72. The van der Waals surface area contributed by atoms with Crippen LogP contribution in [0.4, 0.5) is 21.0 Å². The highest BCUT2D eigenvalue weighted by atomic mass is 79.9. The Bertz CT molecular complexity index is 2970. The normalized spacial score (nSPS) is 24.0. The van der Waals surface area contributed by atoms with E-state index in [0.29, 0.717) is 47.8 Å². The molecule has 3 aliphatic heterocycles. The predicted octanol–water partition coefficient (Wildman–Crippen LogP) is 7.13. The lowest BCUT2D eigenvalue weighted by Gasteiger charge is -2.42. The highest BCUT2D eigenvalue weighted by molar-refractivity contribution is 9.09. The molecule has 492 valence electrons. The van der Waals surface area contributed by atoms with E-state index in [9.17, 15) is 48.3 Å². The number of benzene rings is 2. The fraction of sp³-hybridized carbons (Fsp3) is 0.597. The molecule has 0 spiro atoms. The van der Waals surface area contributed by atoms with Crippen molar-refractivity contribution in [3.63, 3.8) is 0 Å². The summed E-state index contributed by atoms with van der Waals surface area (Å²) in [5.74, 6) is -5.56. The molecule has 27 heteroatoms. The number of rotatable bonds is 25. The van der Waals surface area contributed by atoms with Gasteiger partial charge in [0, 0.05) is 57.2 Å². The topological polar surface area (TPSA) is 325 Å². The van der Waals surface area contributed by atoms with Crippen LogP contribution in [0.1, 0.15) is 123 Å². The summed E-state index contributed by atoms with van der Waals surface area (Å²) in [5, 5.41) is 26.2. The number of carbonyl (C=O) groups excluding carboxylic acids is 9. The van der Waals surface area contributed by atoms with Gasteiger partial charge in [0.15, 0.2) is 5.72 Å². The number of carbonyl (C=O) groups is 9. The number of nitrogens with one attached hydrogen (secondary N) is 5. The minimum Gasteiger partial charge on any atom is -0.495 e. The second-order valence-corrected chi connectivity index (χ2v) is 25.7. The van der Waals surface area contributed by atoms with Gasteiger partial charge in [-0.1, -0.05) is 100 Å². The third-order valence-corrected chi connectivity index (χ3v) is 18.2. The van der Waals surface area contributed by atoms with Gasteiger partial charge in [0.05, 0.1) is 42.5 Å². The lowest BCUT2D eigenvalue weighted by molar-refractivity contribution is -0.161. The molecule has 2 fully saturated rings. The van der Waals surface area contributed by atoms with Crippen LogP contribution in [0.2, 0.25) is 5.02 Å². The van der Waals surface area contributed by atoms with Crippen molar-refractivity contribution >= 4 is 108 Å². The summed E-state index contributed by atoms with van der Waals surface area (Å²) < 4.78 is 35.4. The van der Waals surface area contributed by atoms with E-state index in [2.05, 4.69) is 58.4 Å². The van der Waals surface area contributed by atoms with Gasteiger partial charge in [-0.2, -0.15) is 0 Å². The maximum Gasteiger partial charge on any atom is 0.409 e. The molecular weight excluding hydrogens is 1310 g/mol. The van der Waals surface area contributed by atoms with E-state index in [1.165, 1.54) is 52.3 Å². The van der Waals surface area contributed by atoms with Gasteiger partial charge >= 0.3 is 24.1 Å². The van der Waals surface area contributed by atoms with Crippen LogP contribution in [0.25, 0.3) is 0 Å². The quantitative estimate of drug-likeness (QED) is 0.0171. The van der Waals surface area contributed by atoms with E-state index in [1.807, 2.05) is 13.0 Å². The lowest BCUT2D eigenvalue weighted by Crippen LogP contribution is -2.63. The van der Waals surface area contributed by atoms with Gasteiger partial charge in [-0.3, -0.25) is 34.1 Å². The highest BCUT2D eigenvalue weighted by Gasteiger charge is 2.64. The van der Waals surface area contributed by atoms with E-state index in [4.69, 9.17) is 45.8 Å². The van der Waals surface area contributed by atoms with Crippen molar-refractivity contribution in [3.05, 3.63) is 76.3 Å². The second kappa shape index (κ2) is 32.6. The molecule has 0 saturated carbocycles. The number of para-hydroxylation sites is 1. The number of primary amides is 1. The first-order valence-corrected chi connectivity index (χ1v) is 32.2. The molecule has 2 aromatic rings. The van der Waals surface area contributed by atoms with Gasteiger partial charge in [-0.05, 0) is 109 Å². The van der Waals surface area contributed by atoms with Crippen LogP contribution < -0.4 is 42.0 Å². The lowest BCUT2D eigenvalue weighted by atomic mass is 9.83. The number of halogens is 3. The van der Waals surface area contributed by atoms with Crippen molar-refractivity contribution < 1.29 is 76.7 Å². The second-order valence-electron chi connectivity index (χ2n) is 24.0. The predicted molar refractivity (Wildman–Crippen MR) is 341 cm³/mol. The first-order chi connectivity index (χ1) is 41.8. The van der Waals surface area contributed by atoms with Crippen LogP contribution in [0.15, 0.2) is 60.2 Å². The fourth-order valence-electron chi connectivity index (χ4n) is 10.6. The Hall–Kier alpha value is -6.32. The number of allylic oxidation sites excluding steroid dienone is 3. The minimum absolute atomic E-state index is 0.00915. The number of urea groups is 1. The third kappa shape index (κ3) is 19.8. The Balaban J connectivity index is 1.36. The van der Waals surface area contributed by atoms with Gasteiger partial charge in [0.2, 0.25) is 23.6 Å². The van der Waals surface area contributed by atoms with Gasteiger partial charge in [0.1, 0.15) is 58.4 Å². The van der Waals surface area contributed by atoms with Crippen molar-refractivity contribution in [2.45, 2.75) is 173 Å². The SMILES string of the molecule is COc1cc2cc(c1Cl)N(C)C(=O)C[C@H](OC(=O)[C@H](C)N(C)C(=O)c1ccccc1NC(=O)[C@H](CCCNC(N)=O)NC(=O)[C@@H](NC(=O)CCCCC(C)(C)OC(=O)C(CBr)CBr)C(C)C)[C@]1(C)O[C@H]1[C@H](C)[C@@H]1C[C@@](O)(NC(=O)O1)[C@H](OC)/C=C/C=C(\C)C2. The molecule has 0 aliphatic carbocycles. The Morgan fingerprint density at radius 2 is 1.69 bits per heavy atom. The summed E-state index contributed by atoms with van der Waals surface area (Å²) in [6, 6.07) is 5.00. The van der Waals surface area contributed by atoms with Crippen LogP contribution in [-0.4, -0.2) is 169 Å². The van der Waals surface area contributed by atoms with E-state index in [1.54, 1.807) is 78.0 Å². The number of anilines is 2. The zero-order valence-corrected chi connectivity index (χ0v) is 56.6. The summed E-state index contributed by atoms with van der Waals surface area (Å²) in [5.41, 5.74) is 3.03. The highest BCUT2D eigenvalue weighted by Crippen LogP contribution is 2.49. The standard InChI is InChI=1S/C62H87Br2ClN8O16/c1-34(2)51(70-48(74)24-15-16-25-60(6,7)89-57(80)39(32-63)33-64)54(77)69-42(22-18-26-67-58(66)81)53(76)68-41-21-14-13-20-40(41)55(78)72(9)37(5)56(79)87-47-30-49(75)73(10)43-28-38(29-44(84-11)50(43)65)27-35(3)19-17-23-46(85-12)62(83)31-45(86-59(82)71-62)36(4)52-61(47,8)88-52/h13-14,17,19-21,23,28-29,34,36-37,39,42,45-47,51-52,83H,15-16,18,22,24-27,30-33H2,1-12H3,(H,68,76)(H,69,77)(H,70,74)(H,71,82)(H3,66,67,81)/b23-17+,35-19+/t36-,37+,42+,45+,46-,47+,51+,52+,61+,62+/m1/s1. The number of fused-ring (bicyclic) bond motifs is 5. The molecule has 8 amide bonds. The van der Waals surface area contributed by atoms with Crippen LogP contribution in [0, 0.1) is 17.8 Å². The van der Waals surface area contributed by atoms with Gasteiger partial charge in [-0.15, -0.1) is 0 Å². The molecule has 8 N–H and O–H groups in total. The number of hydrogen-bond donors (Lipinski definition) is 7. The number of esters is 2. The number of aliphatic hydroxyl groups is 1. The van der Waals surface area contributed by atoms with Gasteiger partial charge in [0.25, 0.3) is 5.91 Å². The number of amides is 8. The molecular formula is C62H87Br2ClN8O16. The molecule has 2 saturated heterocycles. The smallest absolute Gasteiger partial charge is 0.409 e. The van der Waals surface area contributed by atoms with Crippen molar-refractivity contribution in [3.8, 4) is 5.75 Å². The number of unbranched alkanes of at least 4 members (excludes halogenated alkanes) is 1. The summed E-state index contributed by atoms with van der Waals surface area (Å²) in [4.78, 5) is 125. The number of alkyl carbamates (subject to hydrolysis) is 1. The van der Waals surface area contributed by atoms with E-state index in [-0.39, 0.29) is 60.4 Å². The average Bonchev–Trinajstić information content (AvgIpc) is 1.62. The number of likely N-dealkylation sites (N-methyl/N-ethyl adjacent to an activating group) is 1. The molecule has 0 aromatic heterocycles. The minimum atomic E-state index is -1.93. The maximum atomic E-state index is 14.6. The van der Waals surface area contributed by atoms with Crippen LogP contribution in [-0.2, 0) is 58.9 Å². The van der Waals surface area contributed by atoms with Gasteiger partial charge < -0.3 is 70.3 Å². The molecule has 3 heterocycles. The number of hydrogen-bond acceptors (Lipinski definition) is 16. The van der Waals surface area contributed by atoms with Crippen molar-refractivity contribution in [2.24, 2.45) is 23.5 Å². The molecule has 10 atom stereocenters. The molecule has 3 aliphatic rings. The number of ether oxygens (including phenoxy) is 6. The van der Waals surface area contributed by atoms with Crippen LogP contribution >= 0.6 is 43.5 Å². The van der Waals surface area contributed by atoms with E-state index >= 15 is 0 Å². The fourth-order valence-corrected chi connectivity index (χ4v) is 12.5. The molecule has 89 heavy (non-hydrogen) atoms. The van der Waals surface area contributed by atoms with E-state index in [0.717, 1.165) is 16.0 Å². The van der Waals surface area contributed by atoms with Crippen molar-refractivity contribution in [2.75, 3.05) is 55.7 Å². The van der Waals surface area contributed by atoms with E-state index < -0.39 is 125 Å². The Morgan fingerprint density at radius 1 is 1.00 bits per heavy atom. The maximum absolute atomic E-state index is 14.6. The van der Waals surface area contributed by atoms with Crippen molar-refractivity contribution in [1.29, 1.82) is 0 Å². The Morgan fingerprint density at radius 3 is 2.33 bits per heavy atom. The first kappa shape index (κ1) is 73.4. The summed E-state index contributed by atoms with van der Waals surface area (Å²) in [6.07, 6.45) is 1.52. The zero-order valence-electron chi connectivity index (χ0n) is 52.6. The average molecular weight is 1400 g/mol. The Kier molecular flexibility index (Phi) is 26.9. The molecule has 0 radical (unpaired) electrons. The summed E-state index contributed by atoms with van der Waals surface area (Å²) >= 11 is 13.5. The summed E-state index contributed by atoms with van der Waals surface area (Å²) in [6.45, 7) is 13.8.